The van der Waals surface area contributed by atoms with E-state index in [-0.39, 0.29) is 11.9 Å². The molecule has 0 aliphatic carbocycles. The van der Waals surface area contributed by atoms with Gasteiger partial charge in [-0.1, -0.05) is 35.9 Å². The Balaban J connectivity index is 1.64. The van der Waals surface area contributed by atoms with Gasteiger partial charge in [0.2, 0.25) is 11.9 Å². The summed E-state index contributed by atoms with van der Waals surface area (Å²) in [6, 6.07) is 9.77. The fourth-order valence-electron chi connectivity index (χ4n) is 2.65. The van der Waals surface area contributed by atoms with E-state index >= 15 is 0 Å². The van der Waals surface area contributed by atoms with Crippen LogP contribution < -0.4 is 11.1 Å². The van der Waals surface area contributed by atoms with Crippen LogP contribution >= 0.6 is 11.6 Å². The lowest BCUT2D eigenvalue weighted by Gasteiger charge is -2.16. The Morgan fingerprint density at radius 1 is 1.26 bits per heavy atom. The molecule has 0 atom stereocenters. The van der Waals surface area contributed by atoms with Gasteiger partial charge in [0.25, 0.3) is 0 Å². The molecule has 3 N–H and O–H groups in total. The van der Waals surface area contributed by atoms with Gasteiger partial charge in [-0.25, -0.2) is 4.98 Å². The number of nitrogens with zero attached hydrogens (tertiary/aromatic N) is 3. The van der Waals surface area contributed by atoms with Crippen LogP contribution in [-0.4, -0.2) is 27.3 Å². The molecule has 0 saturated carbocycles. The molecule has 1 fully saturated rings. The van der Waals surface area contributed by atoms with Crippen molar-refractivity contribution in [1.29, 1.82) is 0 Å². The van der Waals surface area contributed by atoms with Crippen LogP contribution in [0.4, 0.5) is 11.8 Å². The molecule has 2 heterocycles. The number of nitrogens with two attached hydrogens (primary N) is 1. The zero-order valence-corrected chi connectivity index (χ0v) is 13.4. The minimum atomic E-state index is 0.140. The molecule has 1 aromatic heterocycles. The van der Waals surface area contributed by atoms with Gasteiger partial charge in [0.1, 0.15) is 11.0 Å². The molecule has 0 bridgehead atoms. The number of nitrogen functional groups attached to an aromatic ring is 1. The van der Waals surface area contributed by atoms with Gasteiger partial charge < -0.3 is 16.0 Å². The van der Waals surface area contributed by atoms with E-state index < -0.39 is 0 Å². The Hall–Kier alpha value is -2.34. The third kappa shape index (κ3) is 4.10. The van der Waals surface area contributed by atoms with Crippen molar-refractivity contribution in [3.8, 4) is 0 Å². The predicted octanol–water partition coefficient (Wildman–Crippen LogP) is 2.45. The van der Waals surface area contributed by atoms with Crippen molar-refractivity contribution in [2.45, 2.75) is 25.9 Å². The van der Waals surface area contributed by atoms with Crippen molar-refractivity contribution in [1.82, 2.24) is 14.9 Å². The van der Waals surface area contributed by atoms with E-state index in [1.807, 2.05) is 23.1 Å². The number of anilines is 2. The Bertz CT molecular complexity index is 701. The van der Waals surface area contributed by atoms with Crippen molar-refractivity contribution >= 4 is 29.3 Å². The first-order chi connectivity index (χ1) is 11.1. The second-order valence-electron chi connectivity index (χ2n) is 5.53. The summed E-state index contributed by atoms with van der Waals surface area (Å²) in [6.45, 7) is 2.10. The summed E-state index contributed by atoms with van der Waals surface area (Å²) in [5.41, 5.74) is 7.80. The third-order valence-corrected chi connectivity index (χ3v) is 3.92. The number of nitrogens with one attached hydrogen (secondary N) is 1. The van der Waals surface area contributed by atoms with E-state index in [2.05, 4.69) is 21.4 Å². The maximum atomic E-state index is 11.7. The highest BCUT2D eigenvalue weighted by Gasteiger charge is 2.19. The summed E-state index contributed by atoms with van der Waals surface area (Å²) in [4.78, 5) is 21.5. The number of benzene rings is 1. The quantitative estimate of drug-likeness (QED) is 0.822. The molecule has 0 spiro atoms. The standard InChI is InChI=1S/C16H18ClN5O/c17-13-8-14(21-16(18)20-13)19-9-11-3-1-4-12(7-11)10-22-6-2-5-15(22)23/h1,3-4,7-8H,2,5-6,9-10H2,(H3,18,19,20,21). The van der Waals surface area contributed by atoms with E-state index in [1.54, 1.807) is 6.07 Å². The maximum Gasteiger partial charge on any atom is 0.223 e. The second-order valence-corrected chi connectivity index (χ2v) is 5.91. The summed E-state index contributed by atoms with van der Waals surface area (Å²) in [5, 5.41) is 3.48. The molecule has 1 aliphatic rings. The van der Waals surface area contributed by atoms with Gasteiger partial charge in [0, 0.05) is 32.1 Å². The smallest absolute Gasteiger partial charge is 0.223 e. The molecule has 2 aromatic rings. The topological polar surface area (TPSA) is 84.1 Å². The van der Waals surface area contributed by atoms with Gasteiger partial charge in [-0.15, -0.1) is 0 Å². The van der Waals surface area contributed by atoms with Crippen LogP contribution in [0.3, 0.4) is 0 Å². The highest BCUT2D eigenvalue weighted by Crippen LogP contribution is 2.17. The van der Waals surface area contributed by atoms with Crippen LogP contribution in [0.5, 0.6) is 0 Å². The molecule has 1 saturated heterocycles. The number of carbonyl (C=O) groups excluding carboxylic acids is 1. The van der Waals surface area contributed by atoms with Crippen molar-refractivity contribution in [3.05, 3.63) is 46.6 Å². The zero-order valence-electron chi connectivity index (χ0n) is 12.6. The lowest BCUT2D eigenvalue weighted by molar-refractivity contribution is -0.128. The molecular formula is C16H18ClN5O. The summed E-state index contributed by atoms with van der Waals surface area (Å²) in [5.74, 6) is 0.962. The molecule has 7 heteroatoms. The molecule has 1 amide bonds. The van der Waals surface area contributed by atoms with Crippen LogP contribution in [0.25, 0.3) is 0 Å². The molecule has 23 heavy (non-hydrogen) atoms. The fraction of sp³-hybridized carbons (Fsp3) is 0.312. The number of rotatable bonds is 5. The maximum absolute atomic E-state index is 11.7. The third-order valence-electron chi connectivity index (χ3n) is 3.72. The van der Waals surface area contributed by atoms with Crippen LogP contribution in [0, 0.1) is 0 Å². The van der Waals surface area contributed by atoms with Gasteiger partial charge in [0.05, 0.1) is 0 Å². The summed E-state index contributed by atoms with van der Waals surface area (Å²) in [6.07, 6.45) is 1.62. The molecule has 0 unspecified atom stereocenters. The highest BCUT2D eigenvalue weighted by molar-refractivity contribution is 6.29. The van der Waals surface area contributed by atoms with Gasteiger partial charge in [-0.05, 0) is 17.5 Å². The number of carbonyl (C=O) groups is 1. The first kappa shape index (κ1) is 15.6. The summed E-state index contributed by atoms with van der Waals surface area (Å²) in [7, 11) is 0. The minimum Gasteiger partial charge on any atom is -0.368 e. The number of halogens is 1. The second kappa shape index (κ2) is 6.83. The predicted molar refractivity (Wildman–Crippen MR) is 89.9 cm³/mol. The normalized spacial score (nSPS) is 14.3. The number of likely N-dealkylation sites (tertiary alicyclic amines) is 1. The molecular weight excluding hydrogens is 314 g/mol. The molecule has 1 aromatic carbocycles. The number of aromatic nitrogens is 2. The van der Waals surface area contributed by atoms with Crippen molar-refractivity contribution in [2.75, 3.05) is 17.6 Å². The Morgan fingerprint density at radius 2 is 2.09 bits per heavy atom. The highest BCUT2D eigenvalue weighted by atomic mass is 35.5. The Labute approximate surface area is 139 Å². The first-order valence-electron chi connectivity index (χ1n) is 7.50. The van der Waals surface area contributed by atoms with Crippen molar-refractivity contribution < 1.29 is 4.79 Å². The van der Waals surface area contributed by atoms with Gasteiger partial charge in [-0.2, -0.15) is 4.98 Å². The van der Waals surface area contributed by atoms with Gasteiger partial charge in [0.15, 0.2) is 0 Å². The SMILES string of the molecule is Nc1nc(Cl)cc(NCc2cccc(CN3CCCC3=O)c2)n1. The number of amides is 1. The molecule has 0 radical (unpaired) electrons. The minimum absolute atomic E-state index is 0.140. The van der Waals surface area contributed by atoms with Crippen molar-refractivity contribution in [2.24, 2.45) is 0 Å². The summed E-state index contributed by atoms with van der Waals surface area (Å²) >= 11 is 5.86. The molecule has 6 nitrogen and oxygen atoms in total. The Morgan fingerprint density at radius 3 is 2.83 bits per heavy atom. The summed E-state index contributed by atoms with van der Waals surface area (Å²) < 4.78 is 0. The van der Waals surface area contributed by atoms with E-state index in [9.17, 15) is 4.79 Å². The molecule has 120 valence electrons. The number of hydrogen-bond donors (Lipinski definition) is 2. The van der Waals surface area contributed by atoms with Gasteiger partial charge >= 0.3 is 0 Å². The fourth-order valence-corrected chi connectivity index (χ4v) is 2.84. The van der Waals surface area contributed by atoms with Crippen LogP contribution in [0.2, 0.25) is 5.15 Å². The van der Waals surface area contributed by atoms with Gasteiger partial charge in [-0.3, -0.25) is 4.79 Å². The van der Waals surface area contributed by atoms with E-state index in [0.717, 1.165) is 24.1 Å². The molecule has 1 aliphatic heterocycles. The van der Waals surface area contributed by atoms with E-state index in [4.69, 9.17) is 17.3 Å². The van der Waals surface area contributed by atoms with Crippen LogP contribution in [0.15, 0.2) is 30.3 Å². The van der Waals surface area contributed by atoms with Crippen molar-refractivity contribution in [3.63, 3.8) is 0 Å². The zero-order chi connectivity index (χ0) is 16.2. The first-order valence-corrected chi connectivity index (χ1v) is 7.87. The number of hydrogen-bond acceptors (Lipinski definition) is 5. The average molecular weight is 332 g/mol. The van der Waals surface area contributed by atoms with Crippen LogP contribution in [-0.2, 0) is 17.9 Å². The van der Waals surface area contributed by atoms with E-state index in [1.165, 1.54) is 0 Å². The monoisotopic (exact) mass is 331 g/mol. The lowest BCUT2D eigenvalue weighted by atomic mass is 10.1. The van der Waals surface area contributed by atoms with E-state index in [0.29, 0.717) is 30.5 Å². The Kier molecular flexibility index (Phi) is 4.62. The van der Waals surface area contributed by atoms with Crippen LogP contribution in [0.1, 0.15) is 24.0 Å². The lowest BCUT2D eigenvalue weighted by Crippen LogP contribution is -2.23. The largest absolute Gasteiger partial charge is 0.368 e. The molecule has 3 rings (SSSR count). The average Bonchev–Trinajstić information content (AvgIpc) is 2.90.